The first-order chi connectivity index (χ1) is 13.5. The van der Waals surface area contributed by atoms with E-state index in [1.165, 1.54) is 16.2 Å². The molecular formula is C21H27N3O3S. The molecule has 0 aliphatic heterocycles. The Labute approximate surface area is 169 Å². The monoisotopic (exact) mass is 401 g/mol. The van der Waals surface area contributed by atoms with Crippen molar-refractivity contribution in [3.05, 3.63) is 45.8 Å². The highest BCUT2D eigenvalue weighted by atomic mass is 32.1. The Balaban J connectivity index is 1.65. The molecule has 0 saturated heterocycles. The van der Waals surface area contributed by atoms with Crippen molar-refractivity contribution in [2.24, 2.45) is 5.73 Å². The number of hydrogen-bond acceptors (Lipinski definition) is 5. The minimum absolute atomic E-state index is 0.0591. The van der Waals surface area contributed by atoms with Crippen LogP contribution in [0, 0.1) is 0 Å². The van der Waals surface area contributed by atoms with E-state index in [1.807, 2.05) is 24.3 Å². The summed E-state index contributed by atoms with van der Waals surface area (Å²) in [6, 6.07) is 7.88. The van der Waals surface area contributed by atoms with Gasteiger partial charge in [-0.25, -0.2) is 0 Å². The summed E-state index contributed by atoms with van der Waals surface area (Å²) in [5.74, 6) is 0.164. The van der Waals surface area contributed by atoms with Crippen LogP contribution in [0.3, 0.4) is 0 Å². The lowest BCUT2D eigenvalue weighted by Crippen LogP contribution is -2.31. The molecule has 3 rings (SSSR count). The van der Waals surface area contributed by atoms with E-state index in [4.69, 9.17) is 10.5 Å². The van der Waals surface area contributed by atoms with E-state index in [0.717, 1.165) is 49.0 Å². The topological polar surface area (TPSA) is 93.5 Å². The molecule has 0 spiro atoms. The molecular weight excluding hydrogens is 374 g/mol. The fraction of sp³-hybridized carbons (Fsp3) is 0.429. The highest BCUT2D eigenvalue weighted by molar-refractivity contribution is 7.17. The van der Waals surface area contributed by atoms with Gasteiger partial charge in [0.15, 0.2) is 0 Å². The Morgan fingerprint density at radius 3 is 2.57 bits per heavy atom. The summed E-state index contributed by atoms with van der Waals surface area (Å²) in [6.07, 6.45) is 4.82. The van der Waals surface area contributed by atoms with E-state index in [0.29, 0.717) is 10.6 Å². The summed E-state index contributed by atoms with van der Waals surface area (Å²) in [5, 5.41) is 6.77. The summed E-state index contributed by atoms with van der Waals surface area (Å²) in [6.45, 7) is 2.23. The Hall–Kier alpha value is -2.38. The summed E-state index contributed by atoms with van der Waals surface area (Å²) in [4.78, 5) is 25.6. The molecule has 1 aliphatic carbocycles. The smallest absolute Gasteiger partial charge is 0.251 e. The molecule has 1 unspecified atom stereocenters. The summed E-state index contributed by atoms with van der Waals surface area (Å²) >= 11 is 1.48. The van der Waals surface area contributed by atoms with Gasteiger partial charge in [0.2, 0.25) is 5.91 Å². The summed E-state index contributed by atoms with van der Waals surface area (Å²) < 4.78 is 5.19. The largest absolute Gasteiger partial charge is 0.497 e. The lowest BCUT2D eigenvalue weighted by molar-refractivity contribution is -0.115. The van der Waals surface area contributed by atoms with Gasteiger partial charge in [-0.15, -0.1) is 11.3 Å². The van der Waals surface area contributed by atoms with Crippen LogP contribution in [0.4, 0.5) is 5.00 Å². The Morgan fingerprint density at radius 1 is 1.21 bits per heavy atom. The number of aryl methyl sites for hydroxylation is 1. The maximum atomic E-state index is 12.5. The highest BCUT2D eigenvalue weighted by Crippen LogP contribution is 2.37. The number of nitrogens with one attached hydrogen (secondary N) is 2. The zero-order valence-electron chi connectivity index (χ0n) is 16.3. The van der Waals surface area contributed by atoms with Crippen LogP contribution < -0.4 is 21.1 Å². The Morgan fingerprint density at radius 2 is 1.93 bits per heavy atom. The number of rotatable bonds is 8. The van der Waals surface area contributed by atoms with Crippen LogP contribution in [0.25, 0.3) is 0 Å². The van der Waals surface area contributed by atoms with Crippen molar-refractivity contribution in [1.29, 1.82) is 0 Å². The van der Waals surface area contributed by atoms with Crippen LogP contribution in [-0.2, 0) is 17.6 Å². The number of nitrogens with two attached hydrogens (primary N) is 1. The highest BCUT2D eigenvalue weighted by Gasteiger charge is 2.25. The van der Waals surface area contributed by atoms with E-state index < -0.39 is 5.91 Å². The van der Waals surface area contributed by atoms with E-state index in [9.17, 15) is 9.59 Å². The third-order valence-corrected chi connectivity index (χ3v) is 6.31. The molecule has 0 bridgehead atoms. The summed E-state index contributed by atoms with van der Waals surface area (Å²) in [5.41, 5.74) is 8.21. The number of methoxy groups -OCH3 is 1. The second-order valence-electron chi connectivity index (χ2n) is 6.94. The van der Waals surface area contributed by atoms with Gasteiger partial charge >= 0.3 is 0 Å². The predicted octanol–water partition coefficient (Wildman–Crippen LogP) is 3.41. The third-order valence-electron chi connectivity index (χ3n) is 5.11. The maximum absolute atomic E-state index is 12.5. The standard InChI is InChI=1S/C21H27N3O3S/c1-3-16(13-8-10-14(27-2)11-9-13)23-12-18(25)24-21-19(20(22)26)15-6-4-5-7-17(15)28-21/h8-11,16,23H,3-7,12H2,1-2H3,(H2,22,26)(H,24,25). The number of ether oxygens (including phenoxy) is 1. The molecule has 150 valence electrons. The average Bonchev–Trinajstić information content (AvgIpc) is 3.06. The van der Waals surface area contributed by atoms with E-state index in [2.05, 4.69) is 17.6 Å². The Kier molecular flexibility index (Phi) is 6.70. The molecule has 2 aromatic rings. The van der Waals surface area contributed by atoms with Gasteiger partial charge in [-0.3, -0.25) is 9.59 Å². The van der Waals surface area contributed by atoms with Crippen LogP contribution in [0.15, 0.2) is 24.3 Å². The number of benzene rings is 1. The van der Waals surface area contributed by atoms with Gasteiger partial charge < -0.3 is 21.1 Å². The van der Waals surface area contributed by atoms with Gasteiger partial charge in [0.25, 0.3) is 5.91 Å². The van der Waals surface area contributed by atoms with Crippen LogP contribution >= 0.6 is 11.3 Å². The summed E-state index contributed by atoms with van der Waals surface area (Å²) in [7, 11) is 1.64. The van der Waals surface area contributed by atoms with Gasteiger partial charge in [-0.1, -0.05) is 19.1 Å². The number of carbonyl (C=O) groups excluding carboxylic acids is 2. The van der Waals surface area contributed by atoms with Crippen molar-refractivity contribution in [2.75, 3.05) is 19.0 Å². The molecule has 6 nitrogen and oxygen atoms in total. The molecule has 4 N–H and O–H groups in total. The molecule has 0 saturated carbocycles. The van der Waals surface area contributed by atoms with Crippen molar-refractivity contribution >= 4 is 28.2 Å². The number of thiophene rings is 1. The lowest BCUT2D eigenvalue weighted by atomic mass is 9.95. The molecule has 1 atom stereocenters. The SMILES string of the molecule is CCC(NCC(=O)Nc1sc2c(c1C(N)=O)CCCC2)c1ccc(OC)cc1. The average molecular weight is 402 g/mol. The zero-order chi connectivity index (χ0) is 20.1. The van der Waals surface area contributed by atoms with Crippen LogP contribution in [0.2, 0.25) is 0 Å². The second-order valence-corrected chi connectivity index (χ2v) is 8.05. The van der Waals surface area contributed by atoms with E-state index in [-0.39, 0.29) is 18.5 Å². The number of fused-ring (bicyclic) bond motifs is 1. The number of carbonyl (C=O) groups is 2. The van der Waals surface area contributed by atoms with Crippen LogP contribution in [-0.4, -0.2) is 25.5 Å². The van der Waals surface area contributed by atoms with E-state index in [1.54, 1.807) is 7.11 Å². The van der Waals surface area contributed by atoms with Gasteiger partial charge in [0.1, 0.15) is 10.8 Å². The van der Waals surface area contributed by atoms with E-state index >= 15 is 0 Å². The quantitative estimate of drug-likeness (QED) is 0.632. The molecule has 7 heteroatoms. The number of hydrogen-bond donors (Lipinski definition) is 3. The first kappa shape index (κ1) is 20.4. The molecule has 2 amide bonds. The second kappa shape index (κ2) is 9.21. The van der Waals surface area contributed by atoms with Gasteiger partial charge in [-0.2, -0.15) is 0 Å². The molecule has 1 heterocycles. The Bertz CT molecular complexity index is 845. The lowest BCUT2D eigenvalue weighted by Gasteiger charge is -2.17. The van der Waals surface area contributed by atoms with Crippen molar-refractivity contribution < 1.29 is 14.3 Å². The van der Waals surface area contributed by atoms with Crippen molar-refractivity contribution in [1.82, 2.24) is 5.32 Å². The van der Waals surface area contributed by atoms with Gasteiger partial charge in [0.05, 0.1) is 19.2 Å². The van der Waals surface area contributed by atoms with Crippen LogP contribution in [0.5, 0.6) is 5.75 Å². The first-order valence-electron chi connectivity index (χ1n) is 9.65. The first-order valence-corrected chi connectivity index (χ1v) is 10.5. The fourth-order valence-corrected chi connectivity index (χ4v) is 4.95. The fourth-order valence-electron chi connectivity index (χ4n) is 3.64. The molecule has 1 aliphatic rings. The molecule has 0 radical (unpaired) electrons. The molecule has 0 fully saturated rings. The van der Waals surface area contributed by atoms with Crippen molar-refractivity contribution in [3.63, 3.8) is 0 Å². The van der Waals surface area contributed by atoms with Gasteiger partial charge in [-0.05, 0) is 55.4 Å². The number of anilines is 1. The molecule has 28 heavy (non-hydrogen) atoms. The zero-order valence-corrected chi connectivity index (χ0v) is 17.2. The normalized spacial score (nSPS) is 14.2. The third kappa shape index (κ3) is 4.54. The van der Waals surface area contributed by atoms with Crippen molar-refractivity contribution in [3.8, 4) is 5.75 Å². The predicted molar refractivity (Wildman–Crippen MR) is 112 cm³/mol. The minimum atomic E-state index is -0.465. The van der Waals surface area contributed by atoms with Crippen molar-refractivity contribution in [2.45, 2.75) is 45.1 Å². The maximum Gasteiger partial charge on any atom is 0.251 e. The molecule has 1 aromatic carbocycles. The number of primary amides is 1. The minimum Gasteiger partial charge on any atom is -0.497 e. The molecule has 1 aromatic heterocycles. The van der Waals surface area contributed by atoms with Gasteiger partial charge in [0, 0.05) is 10.9 Å². The number of amides is 2. The van der Waals surface area contributed by atoms with Crippen LogP contribution in [0.1, 0.15) is 58.6 Å².